The Labute approximate surface area is 130 Å². The molecule has 1 fully saturated rings. The van der Waals surface area contributed by atoms with Crippen LogP contribution in [0.15, 0.2) is 18.2 Å². The third-order valence-electron chi connectivity index (χ3n) is 3.70. The largest absolute Gasteiger partial charge is 0.461 e. The molecule has 1 aliphatic heterocycles. The second-order valence-electron chi connectivity index (χ2n) is 6.31. The maximum atomic E-state index is 11.9. The zero-order chi connectivity index (χ0) is 15.6. The first-order valence-electron chi connectivity index (χ1n) is 6.91. The van der Waals surface area contributed by atoms with Gasteiger partial charge < -0.3 is 4.74 Å². The third kappa shape index (κ3) is 3.75. The Morgan fingerprint density at radius 1 is 1.48 bits per heavy atom. The Morgan fingerprint density at radius 3 is 2.67 bits per heavy atom. The van der Waals surface area contributed by atoms with Crippen molar-refractivity contribution in [3.05, 3.63) is 34.3 Å². The van der Waals surface area contributed by atoms with Crippen molar-refractivity contribution in [2.24, 2.45) is 5.92 Å². The number of nitriles is 1. The highest BCUT2D eigenvalue weighted by Gasteiger charge is 2.39. The molecule has 0 aromatic heterocycles. The summed E-state index contributed by atoms with van der Waals surface area (Å²) in [5.41, 5.74) is 1.31. The summed E-state index contributed by atoms with van der Waals surface area (Å²) in [4.78, 5) is 14.2. The third-order valence-corrected chi connectivity index (χ3v) is 4.01. The second kappa shape index (κ2) is 6.05. The maximum Gasteiger partial charge on any atom is 0.311 e. The van der Waals surface area contributed by atoms with E-state index in [1.165, 1.54) is 0 Å². The number of likely N-dealkylation sites (tertiary alicyclic amines) is 1. The van der Waals surface area contributed by atoms with Gasteiger partial charge in [0.2, 0.25) is 0 Å². The van der Waals surface area contributed by atoms with E-state index in [1.807, 2.05) is 6.07 Å². The van der Waals surface area contributed by atoms with Gasteiger partial charge in [0.25, 0.3) is 0 Å². The number of esters is 1. The monoisotopic (exact) mass is 306 g/mol. The van der Waals surface area contributed by atoms with Gasteiger partial charge in [-0.2, -0.15) is 5.26 Å². The van der Waals surface area contributed by atoms with Crippen LogP contribution in [0, 0.1) is 17.2 Å². The van der Waals surface area contributed by atoms with Crippen molar-refractivity contribution in [3.8, 4) is 6.07 Å². The number of hydrogen-bond acceptors (Lipinski definition) is 4. The second-order valence-corrected chi connectivity index (χ2v) is 6.71. The molecule has 0 bridgehead atoms. The summed E-state index contributed by atoms with van der Waals surface area (Å²) >= 11 is 5.95. The summed E-state index contributed by atoms with van der Waals surface area (Å²) < 4.78 is 5.31. The highest BCUT2D eigenvalue weighted by atomic mass is 35.5. The summed E-state index contributed by atoms with van der Waals surface area (Å²) in [6, 6.07) is 7.04. The molecule has 21 heavy (non-hydrogen) atoms. The molecule has 0 unspecified atom stereocenters. The van der Waals surface area contributed by atoms with Gasteiger partial charge in [-0.15, -0.1) is 0 Å². The van der Waals surface area contributed by atoms with Crippen LogP contribution >= 0.6 is 11.6 Å². The first-order chi connectivity index (χ1) is 9.81. The SMILES string of the molecule is CC(C)(C)N1CC(C(=O)OCc2ccc(C#N)c(Cl)c2)C1. The minimum atomic E-state index is -0.170. The molecular weight excluding hydrogens is 288 g/mol. The van der Waals surface area contributed by atoms with Gasteiger partial charge in [0.1, 0.15) is 12.7 Å². The Hall–Kier alpha value is -1.57. The molecule has 1 aromatic carbocycles. The lowest BCUT2D eigenvalue weighted by molar-refractivity contribution is -0.158. The molecule has 1 aromatic rings. The average Bonchev–Trinajstić information content (AvgIpc) is 2.33. The zero-order valence-corrected chi connectivity index (χ0v) is 13.3. The molecule has 4 nitrogen and oxygen atoms in total. The number of rotatable bonds is 3. The van der Waals surface area contributed by atoms with Crippen LogP contribution in [0.2, 0.25) is 5.02 Å². The van der Waals surface area contributed by atoms with E-state index in [0.717, 1.165) is 18.7 Å². The van der Waals surface area contributed by atoms with Crippen LogP contribution in [0.4, 0.5) is 0 Å². The molecule has 2 rings (SSSR count). The van der Waals surface area contributed by atoms with Crippen molar-refractivity contribution < 1.29 is 9.53 Å². The van der Waals surface area contributed by atoms with Gasteiger partial charge in [0, 0.05) is 18.6 Å². The Morgan fingerprint density at radius 2 is 2.14 bits per heavy atom. The van der Waals surface area contributed by atoms with Gasteiger partial charge in [-0.05, 0) is 38.5 Å². The van der Waals surface area contributed by atoms with Crippen LogP contribution in [-0.4, -0.2) is 29.5 Å². The van der Waals surface area contributed by atoms with E-state index in [2.05, 4.69) is 25.7 Å². The van der Waals surface area contributed by atoms with Crippen LogP contribution in [-0.2, 0) is 16.1 Å². The number of hydrogen-bond donors (Lipinski definition) is 0. The number of carbonyl (C=O) groups is 1. The number of halogens is 1. The Balaban J connectivity index is 1.83. The van der Waals surface area contributed by atoms with Gasteiger partial charge in [0.05, 0.1) is 16.5 Å². The lowest BCUT2D eigenvalue weighted by Crippen LogP contribution is -2.58. The van der Waals surface area contributed by atoms with Crippen molar-refractivity contribution >= 4 is 17.6 Å². The van der Waals surface area contributed by atoms with Crippen LogP contribution < -0.4 is 0 Å². The van der Waals surface area contributed by atoms with Gasteiger partial charge in [-0.1, -0.05) is 17.7 Å². The van der Waals surface area contributed by atoms with E-state index in [-0.39, 0.29) is 24.0 Å². The summed E-state index contributed by atoms with van der Waals surface area (Å²) in [6.07, 6.45) is 0. The molecule has 112 valence electrons. The van der Waals surface area contributed by atoms with Crippen molar-refractivity contribution in [1.29, 1.82) is 5.26 Å². The summed E-state index contributed by atoms with van der Waals surface area (Å²) in [7, 11) is 0. The maximum absolute atomic E-state index is 11.9. The molecule has 1 saturated heterocycles. The fourth-order valence-corrected chi connectivity index (χ4v) is 2.43. The minimum absolute atomic E-state index is 0.0434. The van der Waals surface area contributed by atoms with Crippen LogP contribution in [0.5, 0.6) is 0 Å². The summed E-state index contributed by atoms with van der Waals surface area (Å²) in [5.74, 6) is -0.214. The predicted molar refractivity (Wildman–Crippen MR) is 80.8 cm³/mol. The molecule has 1 aliphatic rings. The average molecular weight is 307 g/mol. The molecule has 0 aliphatic carbocycles. The highest BCUT2D eigenvalue weighted by Crippen LogP contribution is 2.26. The number of ether oxygens (including phenoxy) is 1. The van der Waals surface area contributed by atoms with Crippen LogP contribution in [0.3, 0.4) is 0 Å². The summed E-state index contributed by atoms with van der Waals surface area (Å²) in [5, 5.41) is 9.19. The van der Waals surface area contributed by atoms with E-state index < -0.39 is 0 Å². The topological polar surface area (TPSA) is 53.3 Å². The molecule has 0 atom stereocenters. The normalized spacial score (nSPS) is 16.1. The summed E-state index contributed by atoms with van der Waals surface area (Å²) in [6.45, 7) is 8.08. The Kier molecular flexibility index (Phi) is 4.55. The minimum Gasteiger partial charge on any atom is -0.461 e. The molecule has 0 saturated carbocycles. The quantitative estimate of drug-likeness (QED) is 0.806. The van der Waals surface area contributed by atoms with Crippen LogP contribution in [0.1, 0.15) is 31.9 Å². The first kappa shape index (κ1) is 15.8. The van der Waals surface area contributed by atoms with E-state index in [9.17, 15) is 4.79 Å². The van der Waals surface area contributed by atoms with Crippen molar-refractivity contribution in [2.45, 2.75) is 32.9 Å². The first-order valence-corrected chi connectivity index (χ1v) is 7.29. The molecule has 0 radical (unpaired) electrons. The molecule has 0 spiro atoms. The molecule has 1 heterocycles. The standard InChI is InChI=1S/C16H19ClN2O2/c1-16(2,3)19-8-13(9-19)15(20)21-10-11-4-5-12(7-18)14(17)6-11/h4-6,13H,8-10H2,1-3H3. The molecular formula is C16H19ClN2O2. The van der Waals surface area contributed by atoms with E-state index in [0.29, 0.717) is 10.6 Å². The number of carbonyl (C=O) groups excluding carboxylic acids is 1. The highest BCUT2D eigenvalue weighted by molar-refractivity contribution is 6.31. The smallest absolute Gasteiger partial charge is 0.311 e. The fourth-order valence-electron chi connectivity index (χ4n) is 2.19. The lowest BCUT2D eigenvalue weighted by Gasteiger charge is -2.46. The zero-order valence-electron chi connectivity index (χ0n) is 12.5. The Bertz CT molecular complexity index is 581. The van der Waals surface area contributed by atoms with Gasteiger partial charge >= 0.3 is 5.97 Å². The van der Waals surface area contributed by atoms with Gasteiger partial charge in [-0.3, -0.25) is 9.69 Å². The lowest BCUT2D eigenvalue weighted by atomic mass is 9.92. The molecule has 5 heteroatoms. The van der Waals surface area contributed by atoms with E-state index >= 15 is 0 Å². The fraction of sp³-hybridized carbons (Fsp3) is 0.500. The molecule has 0 amide bonds. The number of nitrogens with zero attached hydrogens (tertiary/aromatic N) is 2. The van der Waals surface area contributed by atoms with E-state index in [4.69, 9.17) is 21.6 Å². The van der Waals surface area contributed by atoms with Crippen molar-refractivity contribution in [2.75, 3.05) is 13.1 Å². The molecule has 0 N–H and O–H groups in total. The van der Waals surface area contributed by atoms with E-state index in [1.54, 1.807) is 18.2 Å². The predicted octanol–water partition coefficient (Wildman–Crippen LogP) is 2.99. The van der Waals surface area contributed by atoms with Crippen molar-refractivity contribution in [3.63, 3.8) is 0 Å². The van der Waals surface area contributed by atoms with Gasteiger partial charge in [0.15, 0.2) is 0 Å². The van der Waals surface area contributed by atoms with Crippen molar-refractivity contribution in [1.82, 2.24) is 4.90 Å². The van der Waals surface area contributed by atoms with Crippen LogP contribution in [0.25, 0.3) is 0 Å². The number of benzene rings is 1. The van der Waals surface area contributed by atoms with Gasteiger partial charge in [-0.25, -0.2) is 0 Å².